The zero-order valence-electron chi connectivity index (χ0n) is 9.26. The summed E-state index contributed by atoms with van der Waals surface area (Å²) in [6.45, 7) is 0. The summed E-state index contributed by atoms with van der Waals surface area (Å²) in [5.41, 5.74) is 2.21. The minimum atomic E-state index is -0.0751. The molecule has 1 aromatic rings. The van der Waals surface area contributed by atoms with E-state index >= 15 is 0 Å². The number of rotatable bonds is 1. The largest absolute Gasteiger partial charge is 0.356 e. The third kappa shape index (κ3) is 1.79. The van der Waals surface area contributed by atoms with E-state index in [4.69, 9.17) is 16.1 Å². The minimum Gasteiger partial charge on any atom is -0.356 e. The quantitative estimate of drug-likeness (QED) is 0.670. The maximum atomic E-state index is 11.7. The maximum Gasteiger partial charge on any atom is 0.189 e. The third-order valence-corrected chi connectivity index (χ3v) is 3.01. The number of benzene rings is 2. The van der Waals surface area contributed by atoms with Gasteiger partial charge in [-0.25, -0.2) is 0 Å². The fraction of sp³-hybridized carbons (Fsp3) is 0. The van der Waals surface area contributed by atoms with Crippen LogP contribution in [0.2, 0.25) is 5.02 Å². The summed E-state index contributed by atoms with van der Waals surface area (Å²) in [7, 11) is 0. The van der Waals surface area contributed by atoms with Crippen molar-refractivity contribution in [3.05, 3.63) is 63.9 Å². The molecule has 1 aromatic carbocycles. The van der Waals surface area contributed by atoms with Crippen LogP contribution in [0.25, 0.3) is 22.5 Å². The van der Waals surface area contributed by atoms with Gasteiger partial charge in [0.1, 0.15) is 0 Å². The monoisotopic (exact) mass is 257 g/mol. The molecule has 3 nitrogen and oxygen atoms in total. The molecule has 0 unspecified atom stereocenters. The van der Waals surface area contributed by atoms with Crippen molar-refractivity contribution in [1.82, 2.24) is 5.16 Å². The third-order valence-electron chi connectivity index (χ3n) is 2.76. The molecule has 3 rings (SSSR count). The van der Waals surface area contributed by atoms with Crippen molar-refractivity contribution in [1.29, 1.82) is 0 Å². The van der Waals surface area contributed by atoms with E-state index in [0.717, 1.165) is 11.1 Å². The van der Waals surface area contributed by atoms with Gasteiger partial charge < -0.3 is 4.52 Å². The molecule has 2 aliphatic rings. The van der Waals surface area contributed by atoms with Gasteiger partial charge in [-0.15, -0.1) is 0 Å². The van der Waals surface area contributed by atoms with Crippen LogP contribution in [-0.2, 0) is 0 Å². The zero-order chi connectivity index (χ0) is 12.5. The molecule has 1 aliphatic heterocycles. The average molecular weight is 258 g/mol. The summed E-state index contributed by atoms with van der Waals surface area (Å²) in [6, 6.07) is 12.3. The number of fused-ring (bicyclic) bond motifs is 1. The standard InChI is InChI=1S/C14H8ClNO2/c15-10-3-1-9(2-4-10)11-5-6-13(17)12-7-8-16-18-14(11)12/h1-8H. The van der Waals surface area contributed by atoms with Gasteiger partial charge in [-0.2, -0.15) is 0 Å². The van der Waals surface area contributed by atoms with Gasteiger partial charge in [-0.1, -0.05) is 28.9 Å². The summed E-state index contributed by atoms with van der Waals surface area (Å²) in [5, 5.41) is 4.38. The molecule has 0 atom stereocenters. The van der Waals surface area contributed by atoms with Gasteiger partial charge in [0.2, 0.25) is 0 Å². The van der Waals surface area contributed by atoms with Crippen LogP contribution < -0.4 is 5.43 Å². The van der Waals surface area contributed by atoms with Crippen molar-refractivity contribution in [3.8, 4) is 22.5 Å². The number of aromatic nitrogens is 1. The van der Waals surface area contributed by atoms with Crippen molar-refractivity contribution in [2.24, 2.45) is 0 Å². The van der Waals surface area contributed by atoms with Gasteiger partial charge in [0.25, 0.3) is 0 Å². The van der Waals surface area contributed by atoms with Crippen LogP contribution in [0.5, 0.6) is 0 Å². The van der Waals surface area contributed by atoms with E-state index in [0.29, 0.717) is 16.3 Å². The molecular formula is C14H8ClNO2. The first-order valence-corrected chi connectivity index (χ1v) is 5.77. The Morgan fingerprint density at radius 3 is 2.50 bits per heavy atom. The summed E-state index contributed by atoms with van der Waals surface area (Å²) in [4.78, 5) is 11.7. The van der Waals surface area contributed by atoms with Crippen LogP contribution in [0.15, 0.2) is 58.0 Å². The highest BCUT2D eigenvalue weighted by atomic mass is 35.5. The average Bonchev–Trinajstić information content (AvgIpc) is 2.41. The molecule has 1 aliphatic carbocycles. The first-order valence-electron chi connectivity index (χ1n) is 5.39. The highest BCUT2D eigenvalue weighted by molar-refractivity contribution is 6.30. The second kappa shape index (κ2) is 4.27. The van der Waals surface area contributed by atoms with Crippen LogP contribution in [-0.4, -0.2) is 5.16 Å². The first-order chi connectivity index (χ1) is 8.75. The Kier molecular flexibility index (Phi) is 2.61. The second-order valence-corrected chi connectivity index (χ2v) is 4.31. The topological polar surface area (TPSA) is 43.1 Å². The van der Waals surface area contributed by atoms with Gasteiger partial charge in [-0.05, 0) is 35.9 Å². The van der Waals surface area contributed by atoms with Crippen LogP contribution in [0.3, 0.4) is 0 Å². The summed E-state index contributed by atoms with van der Waals surface area (Å²) < 4.78 is 5.23. The van der Waals surface area contributed by atoms with Crippen LogP contribution in [0.4, 0.5) is 0 Å². The fourth-order valence-corrected chi connectivity index (χ4v) is 2.01. The lowest BCUT2D eigenvalue weighted by atomic mass is 9.99. The lowest BCUT2D eigenvalue weighted by molar-refractivity contribution is 0.413. The molecule has 4 heteroatoms. The van der Waals surface area contributed by atoms with Gasteiger partial charge >= 0.3 is 0 Å². The fourth-order valence-electron chi connectivity index (χ4n) is 1.88. The van der Waals surface area contributed by atoms with Gasteiger partial charge in [0.15, 0.2) is 11.2 Å². The summed E-state index contributed by atoms with van der Waals surface area (Å²) in [6.07, 6.45) is 1.47. The SMILES string of the molecule is O=c1ccc(-c2ccc(Cl)cc2)c2onccc1-2. The second-order valence-electron chi connectivity index (χ2n) is 3.87. The van der Waals surface area contributed by atoms with Gasteiger partial charge in [-0.3, -0.25) is 4.79 Å². The Morgan fingerprint density at radius 2 is 1.72 bits per heavy atom. The molecule has 0 radical (unpaired) electrons. The molecule has 0 amide bonds. The van der Waals surface area contributed by atoms with Crippen LogP contribution in [0.1, 0.15) is 0 Å². The highest BCUT2D eigenvalue weighted by Crippen LogP contribution is 2.30. The number of halogens is 1. The number of nitrogens with zero attached hydrogens (tertiary/aromatic N) is 1. The molecule has 0 N–H and O–H groups in total. The van der Waals surface area contributed by atoms with Crippen molar-refractivity contribution in [2.45, 2.75) is 0 Å². The van der Waals surface area contributed by atoms with E-state index in [1.807, 2.05) is 12.1 Å². The lowest BCUT2D eigenvalue weighted by Gasteiger charge is -2.08. The molecule has 88 valence electrons. The maximum absolute atomic E-state index is 11.7. The van der Waals surface area contributed by atoms with Crippen molar-refractivity contribution >= 4 is 11.6 Å². The molecule has 0 saturated carbocycles. The molecule has 1 heterocycles. The van der Waals surface area contributed by atoms with E-state index in [2.05, 4.69) is 5.16 Å². The van der Waals surface area contributed by atoms with E-state index in [1.165, 1.54) is 12.3 Å². The predicted octanol–water partition coefficient (Wildman–Crippen LogP) is 3.46. The normalized spacial score (nSPS) is 10.7. The minimum absolute atomic E-state index is 0.0751. The van der Waals surface area contributed by atoms with Crippen LogP contribution in [0, 0.1) is 0 Å². The smallest absolute Gasteiger partial charge is 0.189 e. The summed E-state index contributed by atoms with van der Waals surface area (Å²) in [5.74, 6) is 0.493. The molecule has 0 spiro atoms. The lowest BCUT2D eigenvalue weighted by Crippen LogP contribution is -2.05. The number of hydrogen-bond acceptors (Lipinski definition) is 3. The van der Waals surface area contributed by atoms with Crippen molar-refractivity contribution < 1.29 is 4.52 Å². The molecule has 0 bridgehead atoms. The Balaban J connectivity index is 2.28. The van der Waals surface area contributed by atoms with E-state index in [1.54, 1.807) is 24.3 Å². The molecule has 0 aromatic heterocycles. The first kappa shape index (κ1) is 11.0. The molecule has 18 heavy (non-hydrogen) atoms. The molecule has 0 saturated heterocycles. The van der Waals surface area contributed by atoms with Crippen molar-refractivity contribution in [2.75, 3.05) is 0 Å². The Labute approximate surface area is 108 Å². The molecular weight excluding hydrogens is 250 g/mol. The Morgan fingerprint density at radius 1 is 0.944 bits per heavy atom. The van der Waals surface area contributed by atoms with E-state index in [9.17, 15) is 4.79 Å². The molecule has 0 fully saturated rings. The van der Waals surface area contributed by atoms with Gasteiger partial charge in [0.05, 0.1) is 11.8 Å². The Hall–Kier alpha value is -2.13. The van der Waals surface area contributed by atoms with E-state index in [-0.39, 0.29) is 5.43 Å². The zero-order valence-corrected chi connectivity index (χ0v) is 10.0. The van der Waals surface area contributed by atoms with Crippen LogP contribution >= 0.6 is 11.6 Å². The number of hydrogen-bond donors (Lipinski definition) is 0. The van der Waals surface area contributed by atoms with Crippen molar-refractivity contribution in [3.63, 3.8) is 0 Å². The predicted molar refractivity (Wildman–Crippen MR) is 69.8 cm³/mol. The van der Waals surface area contributed by atoms with E-state index < -0.39 is 0 Å². The van der Waals surface area contributed by atoms with Gasteiger partial charge in [0, 0.05) is 10.6 Å². The summed E-state index contributed by atoms with van der Waals surface area (Å²) >= 11 is 5.86. The highest BCUT2D eigenvalue weighted by Gasteiger charge is 2.15. The Bertz CT molecular complexity index is 719.